The largest absolute Gasteiger partial charge is 0.369 e. The second-order valence-corrected chi connectivity index (χ2v) is 3.03. The average Bonchev–Trinajstić information content (AvgIpc) is 2.17. The zero-order chi connectivity index (χ0) is 11.3. The van der Waals surface area contributed by atoms with Crippen molar-refractivity contribution < 1.29 is 0 Å². The molecule has 0 saturated carbocycles. The van der Waals surface area contributed by atoms with E-state index in [1.807, 2.05) is 6.07 Å². The van der Waals surface area contributed by atoms with E-state index in [0.717, 1.165) is 0 Å². The van der Waals surface area contributed by atoms with Crippen LogP contribution in [0.2, 0.25) is 5.02 Å². The Labute approximate surface area is 91.7 Å². The number of nitriles is 1. The summed E-state index contributed by atoms with van der Waals surface area (Å²) in [5, 5.41) is 16.0. The van der Waals surface area contributed by atoms with Crippen molar-refractivity contribution in [3.05, 3.63) is 34.3 Å². The zero-order valence-electron chi connectivity index (χ0n) is 7.68. The van der Waals surface area contributed by atoms with Crippen LogP contribution >= 0.6 is 11.6 Å². The van der Waals surface area contributed by atoms with Crippen LogP contribution in [0.4, 0.5) is 0 Å². The second-order valence-electron chi connectivity index (χ2n) is 2.62. The van der Waals surface area contributed by atoms with E-state index in [-0.39, 0.29) is 5.96 Å². The molecule has 6 heteroatoms. The fourth-order valence-corrected chi connectivity index (χ4v) is 1.10. The Morgan fingerprint density at radius 1 is 1.47 bits per heavy atom. The Morgan fingerprint density at radius 3 is 2.73 bits per heavy atom. The standard InChI is InChI=1S/C9H8ClN5/c10-8-3-6(1-2-7(8)4-11)5-14-15-9(12)13/h1-3,5H,(H4,12,13,15). The van der Waals surface area contributed by atoms with Gasteiger partial charge < -0.3 is 11.5 Å². The Hall–Kier alpha value is -2.06. The van der Waals surface area contributed by atoms with Gasteiger partial charge in [0.05, 0.1) is 16.8 Å². The number of nitrogens with two attached hydrogens (primary N) is 2. The molecule has 0 unspecified atom stereocenters. The lowest BCUT2D eigenvalue weighted by atomic mass is 10.2. The summed E-state index contributed by atoms with van der Waals surface area (Å²) in [6, 6.07) is 6.84. The Balaban J connectivity index is 2.90. The van der Waals surface area contributed by atoms with Crippen molar-refractivity contribution in [2.24, 2.45) is 21.7 Å². The minimum Gasteiger partial charge on any atom is -0.369 e. The lowest BCUT2D eigenvalue weighted by Gasteiger charge is -1.95. The average molecular weight is 222 g/mol. The molecular weight excluding hydrogens is 214 g/mol. The third-order valence-electron chi connectivity index (χ3n) is 1.49. The molecule has 5 nitrogen and oxygen atoms in total. The predicted molar refractivity (Wildman–Crippen MR) is 59.6 cm³/mol. The van der Waals surface area contributed by atoms with Gasteiger partial charge in [0.2, 0.25) is 5.96 Å². The van der Waals surface area contributed by atoms with E-state index in [9.17, 15) is 0 Å². The highest BCUT2D eigenvalue weighted by atomic mass is 35.5. The van der Waals surface area contributed by atoms with Gasteiger partial charge in [-0.05, 0) is 17.7 Å². The fraction of sp³-hybridized carbons (Fsp3) is 0. The normalized spacial score (nSPS) is 9.87. The first-order chi connectivity index (χ1) is 7.13. The van der Waals surface area contributed by atoms with E-state index in [1.165, 1.54) is 6.21 Å². The molecule has 1 rings (SSSR count). The van der Waals surface area contributed by atoms with Gasteiger partial charge in [-0.3, -0.25) is 0 Å². The summed E-state index contributed by atoms with van der Waals surface area (Å²) >= 11 is 5.80. The molecule has 0 aliphatic carbocycles. The highest BCUT2D eigenvalue weighted by Crippen LogP contribution is 2.15. The smallest absolute Gasteiger partial charge is 0.211 e. The van der Waals surface area contributed by atoms with Crippen LogP contribution in [0, 0.1) is 11.3 Å². The number of rotatable bonds is 2. The quantitative estimate of drug-likeness (QED) is 0.439. The molecule has 4 N–H and O–H groups in total. The fourth-order valence-electron chi connectivity index (χ4n) is 0.865. The highest BCUT2D eigenvalue weighted by Gasteiger charge is 1.98. The van der Waals surface area contributed by atoms with Gasteiger partial charge in [0.15, 0.2) is 0 Å². The first-order valence-corrected chi connectivity index (χ1v) is 4.33. The maximum Gasteiger partial charge on any atom is 0.211 e. The number of guanidine groups is 1. The van der Waals surface area contributed by atoms with E-state index < -0.39 is 0 Å². The van der Waals surface area contributed by atoms with Gasteiger partial charge in [-0.1, -0.05) is 17.7 Å². The molecule has 0 aromatic heterocycles. The molecule has 0 amide bonds. The molecule has 15 heavy (non-hydrogen) atoms. The first kappa shape index (κ1) is 11.0. The van der Waals surface area contributed by atoms with E-state index in [2.05, 4.69) is 10.2 Å². The first-order valence-electron chi connectivity index (χ1n) is 3.95. The second kappa shape index (κ2) is 4.98. The molecule has 0 saturated heterocycles. The van der Waals surface area contributed by atoms with Crippen molar-refractivity contribution in [3.8, 4) is 6.07 Å². The van der Waals surface area contributed by atoms with Crippen molar-refractivity contribution in [1.29, 1.82) is 5.26 Å². The Morgan fingerprint density at radius 2 is 2.20 bits per heavy atom. The SMILES string of the molecule is N#Cc1ccc(C=NN=C(N)N)cc1Cl. The van der Waals surface area contributed by atoms with Crippen LogP contribution in [0.5, 0.6) is 0 Å². The van der Waals surface area contributed by atoms with Gasteiger partial charge in [0.1, 0.15) is 6.07 Å². The third kappa shape index (κ3) is 3.29. The van der Waals surface area contributed by atoms with Crippen molar-refractivity contribution in [2.75, 3.05) is 0 Å². The van der Waals surface area contributed by atoms with Gasteiger partial charge in [-0.2, -0.15) is 10.4 Å². The van der Waals surface area contributed by atoms with Gasteiger partial charge in [0, 0.05) is 0 Å². The Kier molecular flexibility index (Phi) is 3.66. The van der Waals surface area contributed by atoms with E-state index >= 15 is 0 Å². The van der Waals surface area contributed by atoms with Crippen LogP contribution in [0.25, 0.3) is 0 Å². The van der Waals surface area contributed by atoms with Gasteiger partial charge >= 0.3 is 0 Å². The minimum atomic E-state index is -0.119. The summed E-state index contributed by atoms with van der Waals surface area (Å²) in [6.07, 6.45) is 1.44. The maximum absolute atomic E-state index is 8.64. The molecule has 0 aliphatic rings. The monoisotopic (exact) mass is 221 g/mol. The zero-order valence-corrected chi connectivity index (χ0v) is 8.44. The summed E-state index contributed by atoms with van der Waals surface area (Å²) < 4.78 is 0. The Bertz CT molecular complexity index is 454. The van der Waals surface area contributed by atoms with Gasteiger partial charge in [-0.15, -0.1) is 5.10 Å². The molecule has 0 radical (unpaired) electrons. The number of benzene rings is 1. The van der Waals surface area contributed by atoms with Crippen molar-refractivity contribution in [3.63, 3.8) is 0 Å². The van der Waals surface area contributed by atoms with Crippen molar-refractivity contribution >= 4 is 23.8 Å². The maximum atomic E-state index is 8.64. The molecule has 0 spiro atoms. The molecule has 0 atom stereocenters. The van der Waals surface area contributed by atoms with Crippen molar-refractivity contribution in [2.45, 2.75) is 0 Å². The van der Waals surface area contributed by atoms with Crippen LogP contribution in [-0.4, -0.2) is 12.2 Å². The van der Waals surface area contributed by atoms with Crippen LogP contribution in [0.3, 0.4) is 0 Å². The summed E-state index contributed by atoms with van der Waals surface area (Å²) in [5.74, 6) is -0.119. The highest BCUT2D eigenvalue weighted by molar-refractivity contribution is 6.32. The van der Waals surface area contributed by atoms with E-state index in [0.29, 0.717) is 16.1 Å². The van der Waals surface area contributed by atoms with Gasteiger partial charge in [0.25, 0.3) is 0 Å². The number of nitrogens with zero attached hydrogens (tertiary/aromatic N) is 3. The molecule has 0 aliphatic heterocycles. The van der Waals surface area contributed by atoms with Crippen LogP contribution < -0.4 is 11.5 Å². The lowest BCUT2D eigenvalue weighted by Crippen LogP contribution is -2.21. The minimum absolute atomic E-state index is 0.119. The number of hydrogen-bond acceptors (Lipinski definition) is 3. The molecule has 76 valence electrons. The summed E-state index contributed by atoms with van der Waals surface area (Å²) in [4.78, 5) is 0. The van der Waals surface area contributed by atoms with Crippen LogP contribution in [0.15, 0.2) is 28.4 Å². The van der Waals surface area contributed by atoms with E-state index in [1.54, 1.807) is 18.2 Å². The molecule has 1 aromatic carbocycles. The molecule has 0 heterocycles. The van der Waals surface area contributed by atoms with Gasteiger partial charge in [-0.25, -0.2) is 0 Å². The summed E-state index contributed by atoms with van der Waals surface area (Å²) in [5.41, 5.74) is 11.3. The number of halogens is 1. The topological polar surface area (TPSA) is 101 Å². The van der Waals surface area contributed by atoms with Crippen LogP contribution in [0.1, 0.15) is 11.1 Å². The molecule has 0 fully saturated rings. The lowest BCUT2D eigenvalue weighted by molar-refractivity contribution is 1.21. The van der Waals surface area contributed by atoms with E-state index in [4.69, 9.17) is 28.3 Å². The number of hydrogen-bond donors (Lipinski definition) is 2. The van der Waals surface area contributed by atoms with Crippen LogP contribution in [-0.2, 0) is 0 Å². The molecular formula is C9H8ClN5. The summed E-state index contributed by atoms with van der Waals surface area (Å²) in [7, 11) is 0. The molecule has 0 bridgehead atoms. The third-order valence-corrected chi connectivity index (χ3v) is 1.81. The summed E-state index contributed by atoms with van der Waals surface area (Å²) in [6.45, 7) is 0. The van der Waals surface area contributed by atoms with Crippen molar-refractivity contribution in [1.82, 2.24) is 0 Å². The molecule has 1 aromatic rings. The predicted octanol–water partition coefficient (Wildman–Crippen LogP) is 0.819.